The number of hydrogen-bond acceptors (Lipinski definition) is 3. The molecule has 0 aliphatic heterocycles. The van der Waals surface area contributed by atoms with Crippen molar-refractivity contribution in [3.8, 4) is 0 Å². The van der Waals surface area contributed by atoms with Crippen LogP contribution >= 0.6 is 0 Å². The maximum Gasteiger partial charge on any atom is 0.253 e. The second-order valence-electron chi connectivity index (χ2n) is 8.05. The highest BCUT2D eigenvalue weighted by molar-refractivity contribution is 5.94. The summed E-state index contributed by atoms with van der Waals surface area (Å²) in [4.78, 5) is 21.0. The van der Waals surface area contributed by atoms with Crippen molar-refractivity contribution in [2.75, 3.05) is 40.3 Å². The highest BCUT2D eigenvalue weighted by atomic mass is 16.2. The Morgan fingerprint density at radius 3 is 2.28 bits per heavy atom. The minimum atomic E-state index is 0.0259. The Bertz CT molecular complexity index is 874. The first-order chi connectivity index (χ1) is 15.5. The maximum atomic E-state index is 12.2. The van der Waals surface area contributed by atoms with Gasteiger partial charge >= 0.3 is 0 Å². The van der Waals surface area contributed by atoms with Crippen LogP contribution in [0.25, 0.3) is 0 Å². The van der Waals surface area contributed by atoms with Crippen molar-refractivity contribution in [2.24, 2.45) is 4.99 Å². The quantitative estimate of drug-likeness (QED) is 0.417. The van der Waals surface area contributed by atoms with Crippen LogP contribution in [0.4, 0.5) is 0 Å². The van der Waals surface area contributed by atoms with Gasteiger partial charge in [-0.3, -0.25) is 9.69 Å². The lowest BCUT2D eigenvalue weighted by atomic mass is 10.1. The van der Waals surface area contributed by atoms with E-state index in [0.29, 0.717) is 6.54 Å². The summed E-state index contributed by atoms with van der Waals surface area (Å²) in [7, 11) is 3.55. The molecule has 2 N–H and O–H groups in total. The molecule has 0 saturated carbocycles. The molecule has 6 nitrogen and oxygen atoms in total. The van der Waals surface area contributed by atoms with E-state index in [9.17, 15) is 4.79 Å². The van der Waals surface area contributed by atoms with E-state index < -0.39 is 0 Å². The zero-order valence-corrected chi connectivity index (χ0v) is 20.3. The van der Waals surface area contributed by atoms with E-state index in [1.54, 1.807) is 19.0 Å². The smallest absolute Gasteiger partial charge is 0.253 e. The zero-order valence-electron chi connectivity index (χ0n) is 20.3. The van der Waals surface area contributed by atoms with E-state index >= 15 is 0 Å². The number of rotatable bonds is 11. The molecule has 2 aromatic rings. The van der Waals surface area contributed by atoms with Crippen LogP contribution in [0.1, 0.15) is 47.8 Å². The van der Waals surface area contributed by atoms with Gasteiger partial charge in [0, 0.05) is 39.3 Å². The van der Waals surface area contributed by atoms with Gasteiger partial charge in [-0.05, 0) is 55.3 Å². The zero-order chi connectivity index (χ0) is 23.3. The lowest BCUT2D eigenvalue weighted by Crippen LogP contribution is -2.38. The fourth-order valence-corrected chi connectivity index (χ4v) is 3.49. The van der Waals surface area contributed by atoms with Gasteiger partial charge in [0.25, 0.3) is 5.91 Å². The van der Waals surface area contributed by atoms with E-state index in [0.717, 1.165) is 56.2 Å². The summed E-state index contributed by atoms with van der Waals surface area (Å²) in [6, 6.07) is 16.5. The number of guanidine groups is 1. The normalized spacial score (nSPS) is 11.5. The number of nitrogens with one attached hydrogen (secondary N) is 2. The molecule has 2 aromatic carbocycles. The molecule has 0 unspecified atom stereocenters. The van der Waals surface area contributed by atoms with Crippen LogP contribution in [0, 0.1) is 0 Å². The summed E-state index contributed by atoms with van der Waals surface area (Å²) >= 11 is 0. The van der Waals surface area contributed by atoms with E-state index in [-0.39, 0.29) is 5.91 Å². The molecule has 0 atom stereocenters. The molecule has 0 aliphatic carbocycles. The standard InChI is InChI=1S/C26H39N5O/c1-6-27-26(28-16-15-21-11-10-14-24(18-21)25(32)30(4)5)29-19-22-12-9-13-23(17-22)20-31(7-2)8-3/h9-14,17-18H,6-8,15-16,19-20H2,1-5H3,(H2,27,28,29). The highest BCUT2D eigenvalue weighted by Gasteiger charge is 2.08. The molecule has 2 rings (SSSR count). The number of benzene rings is 2. The van der Waals surface area contributed by atoms with Crippen LogP contribution < -0.4 is 10.6 Å². The lowest BCUT2D eigenvalue weighted by Gasteiger charge is -2.18. The molecule has 32 heavy (non-hydrogen) atoms. The van der Waals surface area contributed by atoms with Gasteiger partial charge in [-0.15, -0.1) is 0 Å². The van der Waals surface area contributed by atoms with Crippen molar-refractivity contribution < 1.29 is 4.79 Å². The Hall–Kier alpha value is -2.86. The van der Waals surface area contributed by atoms with Gasteiger partial charge in [-0.25, -0.2) is 4.99 Å². The number of carbonyl (C=O) groups excluding carboxylic acids is 1. The average Bonchev–Trinajstić information content (AvgIpc) is 2.81. The summed E-state index contributed by atoms with van der Waals surface area (Å²) in [6.45, 7) is 11.7. The lowest BCUT2D eigenvalue weighted by molar-refractivity contribution is 0.0827. The molecular formula is C26H39N5O. The van der Waals surface area contributed by atoms with E-state index in [1.165, 1.54) is 11.1 Å². The predicted octanol–water partition coefficient (Wildman–Crippen LogP) is 3.53. The number of carbonyl (C=O) groups is 1. The predicted molar refractivity (Wildman–Crippen MR) is 134 cm³/mol. The monoisotopic (exact) mass is 437 g/mol. The van der Waals surface area contributed by atoms with Crippen LogP contribution in [-0.2, 0) is 19.5 Å². The Balaban J connectivity index is 1.95. The molecule has 174 valence electrons. The van der Waals surface area contributed by atoms with Gasteiger partial charge in [0.05, 0.1) is 6.54 Å². The van der Waals surface area contributed by atoms with Gasteiger partial charge in [-0.1, -0.05) is 50.2 Å². The van der Waals surface area contributed by atoms with E-state index in [1.807, 2.05) is 18.2 Å². The van der Waals surface area contributed by atoms with Crippen LogP contribution in [0.2, 0.25) is 0 Å². The van der Waals surface area contributed by atoms with Gasteiger partial charge in [0.2, 0.25) is 0 Å². The molecule has 0 heterocycles. The van der Waals surface area contributed by atoms with Crippen molar-refractivity contribution in [1.29, 1.82) is 0 Å². The number of hydrogen-bond donors (Lipinski definition) is 2. The number of aliphatic imine (C=N–C) groups is 1. The van der Waals surface area contributed by atoms with Crippen LogP contribution in [-0.4, -0.2) is 61.9 Å². The number of amides is 1. The molecule has 1 amide bonds. The molecule has 0 spiro atoms. The molecule has 0 aromatic heterocycles. The third kappa shape index (κ3) is 8.35. The Morgan fingerprint density at radius 2 is 1.59 bits per heavy atom. The molecule has 0 saturated heterocycles. The van der Waals surface area contributed by atoms with Crippen LogP contribution in [0.15, 0.2) is 53.5 Å². The Kier molecular flexibility index (Phi) is 10.7. The van der Waals surface area contributed by atoms with Crippen LogP contribution in [0.5, 0.6) is 0 Å². The van der Waals surface area contributed by atoms with Crippen LogP contribution in [0.3, 0.4) is 0 Å². The third-order valence-electron chi connectivity index (χ3n) is 5.34. The second kappa shape index (κ2) is 13.5. The third-order valence-corrected chi connectivity index (χ3v) is 5.34. The van der Waals surface area contributed by atoms with Crippen molar-refractivity contribution in [3.63, 3.8) is 0 Å². The van der Waals surface area contributed by atoms with Gasteiger partial charge < -0.3 is 15.5 Å². The van der Waals surface area contributed by atoms with E-state index in [2.05, 4.69) is 66.6 Å². The summed E-state index contributed by atoms with van der Waals surface area (Å²) in [5.74, 6) is 0.833. The second-order valence-corrected chi connectivity index (χ2v) is 8.05. The van der Waals surface area contributed by atoms with Gasteiger partial charge in [-0.2, -0.15) is 0 Å². The number of nitrogens with zero attached hydrogens (tertiary/aromatic N) is 3. The first-order valence-corrected chi connectivity index (χ1v) is 11.6. The Labute approximate surface area is 193 Å². The fraction of sp³-hybridized carbons (Fsp3) is 0.462. The van der Waals surface area contributed by atoms with Crippen molar-refractivity contribution in [3.05, 3.63) is 70.8 Å². The molecule has 0 bridgehead atoms. The largest absolute Gasteiger partial charge is 0.357 e. The maximum absolute atomic E-state index is 12.2. The molecular weight excluding hydrogens is 398 g/mol. The Morgan fingerprint density at radius 1 is 0.906 bits per heavy atom. The van der Waals surface area contributed by atoms with Crippen molar-refractivity contribution >= 4 is 11.9 Å². The SMILES string of the molecule is CCNC(=NCc1cccc(CN(CC)CC)c1)NCCc1cccc(C(=O)N(C)C)c1. The van der Waals surface area contributed by atoms with Gasteiger partial charge in [0.1, 0.15) is 0 Å². The highest BCUT2D eigenvalue weighted by Crippen LogP contribution is 2.10. The average molecular weight is 438 g/mol. The first kappa shape index (κ1) is 25.4. The molecule has 0 fully saturated rings. The van der Waals surface area contributed by atoms with Crippen molar-refractivity contribution in [2.45, 2.75) is 40.3 Å². The van der Waals surface area contributed by atoms with Crippen molar-refractivity contribution in [1.82, 2.24) is 20.4 Å². The fourth-order valence-electron chi connectivity index (χ4n) is 3.49. The molecule has 0 aliphatic rings. The van der Waals surface area contributed by atoms with Gasteiger partial charge in [0.15, 0.2) is 5.96 Å². The topological polar surface area (TPSA) is 60.0 Å². The summed E-state index contributed by atoms with van der Waals surface area (Å²) < 4.78 is 0. The summed E-state index contributed by atoms with van der Waals surface area (Å²) in [6.07, 6.45) is 0.818. The van der Waals surface area contributed by atoms with E-state index in [4.69, 9.17) is 4.99 Å². The molecule has 0 radical (unpaired) electrons. The molecule has 6 heteroatoms. The summed E-state index contributed by atoms with van der Waals surface area (Å²) in [5.41, 5.74) is 4.39. The summed E-state index contributed by atoms with van der Waals surface area (Å²) in [5, 5.41) is 6.73. The minimum Gasteiger partial charge on any atom is -0.357 e. The minimum absolute atomic E-state index is 0.0259. The first-order valence-electron chi connectivity index (χ1n) is 11.6.